The van der Waals surface area contributed by atoms with Crippen LogP contribution in [0.4, 0.5) is 9.59 Å². The molecule has 4 amide bonds. The van der Waals surface area contributed by atoms with Crippen molar-refractivity contribution in [1.29, 1.82) is 0 Å². The van der Waals surface area contributed by atoms with Gasteiger partial charge in [-0.05, 0) is 12.8 Å². The minimum atomic E-state index is -0.741. The third-order valence-corrected chi connectivity index (χ3v) is 2.92. The molecule has 0 heterocycles. The Hall–Kier alpha value is -1.54. The fraction of sp³-hybridized carbons (Fsp3) is 0.750. The summed E-state index contributed by atoms with van der Waals surface area (Å²) in [6, 6.07) is -2.22. The SMILES string of the molecule is NC(=O)N(N)C1CCCCC1N(N)C(N)=O. The summed E-state index contributed by atoms with van der Waals surface area (Å²) in [5, 5.41) is 1.85. The zero-order valence-corrected chi connectivity index (χ0v) is 9.00. The van der Waals surface area contributed by atoms with Gasteiger partial charge in [-0.1, -0.05) is 12.8 Å². The number of hydrogen-bond donors (Lipinski definition) is 4. The van der Waals surface area contributed by atoms with Crippen molar-refractivity contribution in [3.63, 3.8) is 0 Å². The smallest absolute Gasteiger partial charge is 0.329 e. The molecule has 2 atom stereocenters. The summed E-state index contributed by atoms with van der Waals surface area (Å²) in [5.74, 6) is 11.1. The zero-order valence-electron chi connectivity index (χ0n) is 9.00. The first-order valence-electron chi connectivity index (χ1n) is 5.12. The molecule has 0 aliphatic heterocycles. The van der Waals surface area contributed by atoms with Crippen LogP contribution in [-0.4, -0.2) is 34.2 Å². The van der Waals surface area contributed by atoms with Crippen molar-refractivity contribution in [2.45, 2.75) is 37.8 Å². The Balaban J connectivity index is 2.78. The van der Waals surface area contributed by atoms with Gasteiger partial charge in [-0.25, -0.2) is 21.3 Å². The highest BCUT2D eigenvalue weighted by molar-refractivity contribution is 5.73. The summed E-state index contributed by atoms with van der Waals surface area (Å²) in [7, 11) is 0. The lowest BCUT2D eigenvalue weighted by molar-refractivity contribution is 0.0855. The van der Waals surface area contributed by atoms with Gasteiger partial charge >= 0.3 is 12.1 Å². The highest BCUT2D eigenvalue weighted by Gasteiger charge is 2.35. The van der Waals surface area contributed by atoms with E-state index in [1.54, 1.807) is 0 Å². The summed E-state index contributed by atoms with van der Waals surface area (Å²) in [5.41, 5.74) is 10.2. The van der Waals surface area contributed by atoms with E-state index in [9.17, 15) is 9.59 Å². The molecule has 1 aliphatic rings. The second-order valence-corrected chi connectivity index (χ2v) is 3.91. The van der Waals surface area contributed by atoms with Crippen molar-refractivity contribution in [2.24, 2.45) is 23.2 Å². The van der Waals surface area contributed by atoms with Crippen LogP contribution in [0.3, 0.4) is 0 Å². The standard InChI is InChI=1S/C8H18N6O2/c9-7(15)13(11)5-3-1-2-4-6(5)14(12)8(10)16/h5-6H,1-4,11-12H2,(H2,9,15)(H2,10,16). The van der Waals surface area contributed by atoms with E-state index in [2.05, 4.69) is 0 Å². The number of primary amides is 2. The van der Waals surface area contributed by atoms with Gasteiger partial charge in [0.15, 0.2) is 0 Å². The van der Waals surface area contributed by atoms with Crippen molar-refractivity contribution in [3.05, 3.63) is 0 Å². The Morgan fingerprint density at radius 3 is 1.44 bits per heavy atom. The average Bonchev–Trinajstić information content (AvgIpc) is 2.26. The molecule has 0 aromatic rings. The van der Waals surface area contributed by atoms with Crippen molar-refractivity contribution in [3.8, 4) is 0 Å². The zero-order chi connectivity index (χ0) is 12.3. The molecule has 2 unspecified atom stereocenters. The van der Waals surface area contributed by atoms with Crippen molar-refractivity contribution in [1.82, 2.24) is 10.0 Å². The molecule has 8 N–H and O–H groups in total. The number of carbonyl (C=O) groups excluding carboxylic acids is 2. The monoisotopic (exact) mass is 230 g/mol. The van der Waals surface area contributed by atoms with Crippen molar-refractivity contribution < 1.29 is 9.59 Å². The van der Waals surface area contributed by atoms with Crippen LogP contribution in [0.1, 0.15) is 25.7 Å². The average molecular weight is 230 g/mol. The van der Waals surface area contributed by atoms with Gasteiger partial charge < -0.3 is 11.5 Å². The van der Waals surface area contributed by atoms with Crippen molar-refractivity contribution in [2.75, 3.05) is 0 Å². The number of nitrogens with zero attached hydrogens (tertiary/aromatic N) is 2. The van der Waals surface area contributed by atoms with Crippen LogP contribution in [0.15, 0.2) is 0 Å². The number of carbonyl (C=O) groups is 2. The molecule has 16 heavy (non-hydrogen) atoms. The Labute approximate surface area is 93.4 Å². The maximum atomic E-state index is 11.0. The minimum absolute atomic E-state index is 0.372. The molecular weight excluding hydrogens is 212 g/mol. The van der Waals surface area contributed by atoms with Crippen molar-refractivity contribution >= 4 is 12.1 Å². The topological polar surface area (TPSA) is 145 Å². The van der Waals surface area contributed by atoms with E-state index in [4.69, 9.17) is 23.2 Å². The minimum Gasteiger partial charge on any atom is -0.350 e. The first-order chi connectivity index (χ1) is 7.45. The molecule has 1 rings (SSSR count). The van der Waals surface area contributed by atoms with E-state index >= 15 is 0 Å². The molecule has 0 radical (unpaired) electrons. The number of amides is 4. The molecular formula is C8H18N6O2. The van der Waals surface area contributed by atoms with Gasteiger partial charge in [-0.2, -0.15) is 0 Å². The second-order valence-electron chi connectivity index (χ2n) is 3.91. The largest absolute Gasteiger partial charge is 0.350 e. The third-order valence-electron chi connectivity index (χ3n) is 2.92. The fourth-order valence-corrected chi connectivity index (χ4v) is 2.07. The number of hydrogen-bond acceptors (Lipinski definition) is 4. The molecule has 0 aromatic heterocycles. The summed E-state index contributed by atoms with van der Waals surface area (Å²) in [4.78, 5) is 22.0. The van der Waals surface area contributed by atoms with Gasteiger partial charge in [0.1, 0.15) is 0 Å². The summed E-state index contributed by atoms with van der Waals surface area (Å²) < 4.78 is 0. The fourth-order valence-electron chi connectivity index (χ4n) is 2.07. The maximum absolute atomic E-state index is 11.0. The molecule has 0 aromatic carbocycles. The molecule has 92 valence electrons. The lowest BCUT2D eigenvalue weighted by Gasteiger charge is -2.39. The van der Waals surface area contributed by atoms with Crippen LogP contribution in [0, 0.1) is 0 Å². The first kappa shape index (κ1) is 12.5. The Kier molecular flexibility index (Phi) is 3.91. The highest BCUT2D eigenvalue weighted by atomic mass is 16.2. The van der Waals surface area contributed by atoms with E-state index < -0.39 is 12.1 Å². The van der Waals surface area contributed by atoms with Gasteiger partial charge in [0.25, 0.3) is 0 Å². The maximum Gasteiger partial charge on any atom is 0.329 e. The first-order valence-corrected chi connectivity index (χ1v) is 5.12. The van der Waals surface area contributed by atoms with Crippen LogP contribution < -0.4 is 23.2 Å². The van der Waals surface area contributed by atoms with Crippen LogP contribution in [0.5, 0.6) is 0 Å². The van der Waals surface area contributed by atoms with Gasteiger partial charge in [-0.15, -0.1) is 0 Å². The summed E-state index contributed by atoms with van der Waals surface area (Å²) >= 11 is 0. The molecule has 1 aliphatic carbocycles. The van der Waals surface area contributed by atoms with Crippen LogP contribution in [0.2, 0.25) is 0 Å². The molecule has 8 nitrogen and oxygen atoms in total. The predicted octanol–water partition coefficient (Wildman–Crippen LogP) is -1.19. The van der Waals surface area contributed by atoms with E-state index in [0.29, 0.717) is 12.8 Å². The van der Waals surface area contributed by atoms with Gasteiger partial charge in [-0.3, -0.25) is 10.0 Å². The van der Waals surface area contributed by atoms with Crippen LogP contribution >= 0.6 is 0 Å². The van der Waals surface area contributed by atoms with E-state index in [1.807, 2.05) is 0 Å². The normalized spacial score (nSPS) is 24.9. The van der Waals surface area contributed by atoms with Gasteiger partial charge in [0.05, 0.1) is 12.1 Å². The highest BCUT2D eigenvalue weighted by Crippen LogP contribution is 2.24. The van der Waals surface area contributed by atoms with Crippen LogP contribution in [0.25, 0.3) is 0 Å². The number of rotatable bonds is 2. The van der Waals surface area contributed by atoms with E-state index in [0.717, 1.165) is 22.9 Å². The Bertz CT molecular complexity index is 256. The predicted molar refractivity (Wildman–Crippen MR) is 57.3 cm³/mol. The molecule has 8 heteroatoms. The molecule has 1 fully saturated rings. The quantitative estimate of drug-likeness (QED) is 0.268. The Morgan fingerprint density at radius 2 is 1.19 bits per heavy atom. The molecule has 0 saturated heterocycles. The number of hydrazine groups is 2. The lowest BCUT2D eigenvalue weighted by atomic mass is 9.89. The third kappa shape index (κ3) is 2.52. The Morgan fingerprint density at radius 1 is 0.875 bits per heavy atom. The van der Waals surface area contributed by atoms with Gasteiger partial charge in [0, 0.05) is 0 Å². The second kappa shape index (κ2) is 4.99. The molecule has 0 spiro atoms. The molecule has 0 bridgehead atoms. The summed E-state index contributed by atoms with van der Waals surface area (Å²) in [6.45, 7) is 0. The van der Waals surface area contributed by atoms with Crippen LogP contribution in [-0.2, 0) is 0 Å². The number of nitrogens with two attached hydrogens (primary N) is 4. The van der Waals surface area contributed by atoms with E-state index in [1.165, 1.54) is 0 Å². The molecule has 1 saturated carbocycles. The lowest BCUT2D eigenvalue weighted by Crippen LogP contribution is -2.62. The number of urea groups is 2. The van der Waals surface area contributed by atoms with E-state index in [-0.39, 0.29) is 12.1 Å². The summed E-state index contributed by atoms with van der Waals surface area (Å²) in [6.07, 6.45) is 3.14. The van der Waals surface area contributed by atoms with Gasteiger partial charge in [0.2, 0.25) is 0 Å².